The van der Waals surface area contributed by atoms with Crippen molar-refractivity contribution in [3.8, 4) is 5.75 Å². The topological polar surface area (TPSA) is 107 Å². The van der Waals surface area contributed by atoms with Gasteiger partial charge < -0.3 is 9.92 Å². The Morgan fingerprint density at radius 3 is 2.58 bits per heavy atom. The number of nitrogens with two attached hydrogens (primary N) is 1. The number of amides is 1. The van der Waals surface area contributed by atoms with E-state index in [1.165, 1.54) is 12.1 Å². The van der Waals surface area contributed by atoms with Crippen molar-refractivity contribution < 1.29 is 21.9 Å². The van der Waals surface area contributed by atoms with Gasteiger partial charge in [-0.2, -0.15) is 8.42 Å². The smallest absolute Gasteiger partial charge is 0.369 e. The highest BCUT2D eigenvalue weighted by atomic mass is 32.3. The summed E-state index contributed by atoms with van der Waals surface area (Å²) >= 11 is 0. The molecule has 0 aliphatic carbocycles. The fourth-order valence-corrected chi connectivity index (χ4v) is 2.34. The first-order valence-corrected chi connectivity index (χ1v) is 7.17. The predicted octanol–water partition coefficient (Wildman–Crippen LogP) is 1.48. The lowest BCUT2D eigenvalue weighted by Gasteiger charge is -2.20. The summed E-state index contributed by atoms with van der Waals surface area (Å²) in [5.41, 5.74) is 6.01. The zero-order valence-corrected chi connectivity index (χ0v) is 11.6. The molecule has 0 aliphatic rings. The van der Waals surface area contributed by atoms with Crippen LogP contribution >= 0.6 is 0 Å². The first-order valence-electron chi connectivity index (χ1n) is 5.80. The van der Waals surface area contributed by atoms with Crippen molar-refractivity contribution in [1.82, 2.24) is 0 Å². The summed E-state index contributed by atoms with van der Waals surface area (Å²) in [6.45, 7) is 3.62. The summed E-state index contributed by atoms with van der Waals surface area (Å²) in [4.78, 5) is 11.2. The molecule has 1 aromatic rings. The second-order valence-corrected chi connectivity index (χ2v) is 5.31. The van der Waals surface area contributed by atoms with Crippen molar-refractivity contribution in [2.75, 3.05) is 0 Å². The van der Waals surface area contributed by atoms with Crippen molar-refractivity contribution >= 4 is 16.3 Å². The van der Waals surface area contributed by atoms with Gasteiger partial charge in [-0.25, -0.2) is 0 Å². The van der Waals surface area contributed by atoms with E-state index in [-0.39, 0.29) is 17.6 Å². The average Bonchev–Trinajstić information content (AvgIpc) is 2.27. The van der Waals surface area contributed by atoms with Crippen molar-refractivity contribution in [2.24, 2.45) is 11.7 Å². The highest BCUT2D eigenvalue weighted by Crippen LogP contribution is 2.30. The fourth-order valence-electron chi connectivity index (χ4n) is 1.99. The van der Waals surface area contributed by atoms with Crippen LogP contribution in [-0.2, 0) is 15.2 Å². The minimum Gasteiger partial charge on any atom is -0.369 e. The van der Waals surface area contributed by atoms with Gasteiger partial charge in [-0.05, 0) is 30.0 Å². The van der Waals surface area contributed by atoms with Crippen LogP contribution < -0.4 is 9.92 Å². The van der Waals surface area contributed by atoms with E-state index in [0.717, 1.165) is 5.56 Å². The third-order valence-corrected chi connectivity index (χ3v) is 3.38. The van der Waals surface area contributed by atoms with Gasteiger partial charge in [-0.15, -0.1) is 0 Å². The second-order valence-electron chi connectivity index (χ2n) is 4.29. The molecule has 0 fully saturated rings. The Balaban J connectivity index is 3.06. The van der Waals surface area contributed by atoms with E-state index in [1.807, 2.05) is 6.92 Å². The molecule has 0 radical (unpaired) electrons. The Hall–Kier alpha value is -1.60. The predicted molar refractivity (Wildman–Crippen MR) is 70.0 cm³/mol. The van der Waals surface area contributed by atoms with Gasteiger partial charge in [0.1, 0.15) is 5.75 Å². The van der Waals surface area contributed by atoms with E-state index in [9.17, 15) is 13.2 Å². The molecule has 0 heterocycles. The van der Waals surface area contributed by atoms with Crippen molar-refractivity contribution in [1.29, 1.82) is 0 Å². The minimum absolute atomic E-state index is 0.00452. The Morgan fingerprint density at radius 2 is 2.11 bits per heavy atom. The Morgan fingerprint density at radius 1 is 1.47 bits per heavy atom. The minimum atomic E-state index is -4.55. The zero-order chi connectivity index (χ0) is 14.6. The van der Waals surface area contributed by atoms with Crippen LogP contribution in [-0.4, -0.2) is 18.9 Å². The van der Waals surface area contributed by atoms with Gasteiger partial charge in [-0.1, -0.05) is 26.0 Å². The fraction of sp³-hybridized carbons (Fsp3) is 0.417. The van der Waals surface area contributed by atoms with Gasteiger partial charge in [0, 0.05) is 5.92 Å². The quantitative estimate of drug-likeness (QED) is 0.771. The Labute approximate surface area is 112 Å². The molecule has 2 atom stereocenters. The Bertz CT molecular complexity index is 555. The molecule has 2 unspecified atom stereocenters. The molecular formula is C12H17NO5S. The normalized spacial score (nSPS) is 14.7. The molecule has 7 heteroatoms. The molecule has 3 N–H and O–H groups in total. The average molecular weight is 287 g/mol. The van der Waals surface area contributed by atoms with Gasteiger partial charge in [0.15, 0.2) is 0 Å². The van der Waals surface area contributed by atoms with Crippen LogP contribution in [0.3, 0.4) is 0 Å². The summed E-state index contributed by atoms with van der Waals surface area (Å²) in [6, 6.07) is 6.22. The summed E-state index contributed by atoms with van der Waals surface area (Å²) in [6.07, 6.45) is 0.666. The summed E-state index contributed by atoms with van der Waals surface area (Å²) in [7, 11) is -4.55. The van der Waals surface area contributed by atoms with Gasteiger partial charge in [-0.3, -0.25) is 9.35 Å². The van der Waals surface area contributed by atoms with Crippen LogP contribution in [0, 0.1) is 5.92 Å². The molecule has 0 saturated carbocycles. The van der Waals surface area contributed by atoms with Crippen LogP contribution in [0.2, 0.25) is 0 Å². The van der Waals surface area contributed by atoms with Crippen LogP contribution in [0.25, 0.3) is 0 Å². The van der Waals surface area contributed by atoms with Gasteiger partial charge in [0.2, 0.25) is 5.91 Å². The molecule has 0 aliphatic heterocycles. The highest BCUT2D eigenvalue weighted by Gasteiger charge is 2.22. The standard InChI is InChI=1S/C12H17NO5S/c1-3-11(8(2)12(13)14)9-5-4-6-10(7-9)18-19(15,16)17/h4-8,11H,3H2,1-2H3,(H2,13,14)(H,15,16,17). The van der Waals surface area contributed by atoms with E-state index in [1.54, 1.807) is 19.1 Å². The molecule has 0 aromatic heterocycles. The third-order valence-electron chi connectivity index (χ3n) is 2.98. The Kier molecular flexibility index (Phi) is 4.90. The number of hydrogen-bond donors (Lipinski definition) is 2. The molecule has 0 spiro atoms. The maximum Gasteiger partial charge on any atom is 0.446 e. The number of hydrogen-bond acceptors (Lipinski definition) is 4. The molecular weight excluding hydrogens is 270 g/mol. The molecule has 0 bridgehead atoms. The molecule has 6 nitrogen and oxygen atoms in total. The maximum absolute atomic E-state index is 11.2. The van der Waals surface area contributed by atoms with Gasteiger partial charge in [0.25, 0.3) is 0 Å². The SMILES string of the molecule is CCC(c1cccc(OS(=O)(=O)O)c1)C(C)C(N)=O. The number of carbonyl (C=O) groups is 1. The van der Waals surface area contributed by atoms with Crippen molar-refractivity contribution in [2.45, 2.75) is 26.2 Å². The summed E-state index contributed by atoms with van der Waals surface area (Å²) in [5, 5.41) is 0. The molecule has 1 aromatic carbocycles. The van der Waals surface area contributed by atoms with Gasteiger partial charge in [0.05, 0.1) is 0 Å². The lowest BCUT2D eigenvalue weighted by atomic mass is 9.85. The highest BCUT2D eigenvalue weighted by molar-refractivity contribution is 7.81. The maximum atomic E-state index is 11.2. The number of benzene rings is 1. The van der Waals surface area contributed by atoms with E-state index in [2.05, 4.69) is 4.18 Å². The molecule has 19 heavy (non-hydrogen) atoms. The lowest BCUT2D eigenvalue weighted by molar-refractivity contribution is -0.122. The monoisotopic (exact) mass is 287 g/mol. The van der Waals surface area contributed by atoms with Crippen LogP contribution in [0.5, 0.6) is 5.75 Å². The molecule has 0 saturated heterocycles. The van der Waals surface area contributed by atoms with Crippen LogP contribution in [0.4, 0.5) is 0 Å². The summed E-state index contributed by atoms with van der Waals surface area (Å²) < 4.78 is 34.3. The number of carbonyl (C=O) groups excluding carboxylic acids is 1. The lowest BCUT2D eigenvalue weighted by Crippen LogP contribution is -2.26. The molecule has 1 rings (SSSR count). The largest absolute Gasteiger partial charge is 0.446 e. The summed E-state index contributed by atoms with van der Waals surface area (Å²) in [5.74, 6) is -0.948. The van der Waals surface area contributed by atoms with E-state index in [0.29, 0.717) is 6.42 Å². The van der Waals surface area contributed by atoms with E-state index in [4.69, 9.17) is 10.3 Å². The van der Waals surface area contributed by atoms with E-state index < -0.39 is 16.3 Å². The first-order chi connectivity index (χ1) is 8.74. The number of rotatable bonds is 6. The first kappa shape index (κ1) is 15.5. The molecule has 1 amide bonds. The zero-order valence-electron chi connectivity index (χ0n) is 10.7. The van der Waals surface area contributed by atoms with Crippen molar-refractivity contribution in [3.05, 3.63) is 29.8 Å². The van der Waals surface area contributed by atoms with Crippen molar-refractivity contribution in [3.63, 3.8) is 0 Å². The third kappa shape index (κ3) is 4.53. The second kappa shape index (κ2) is 6.03. The number of primary amides is 1. The van der Waals surface area contributed by atoms with Crippen LogP contribution in [0.1, 0.15) is 31.7 Å². The molecule has 106 valence electrons. The van der Waals surface area contributed by atoms with Gasteiger partial charge >= 0.3 is 10.4 Å². The van der Waals surface area contributed by atoms with E-state index >= 15 is 0 Å². The van der Waals surface area contributed by atoms with Crippen LogP contribution in [0.15, 0.2) is 24.3 Å².